The fraction of sp³-hybridized carbons (Fsp3) is 0.800. The van der Waals surface area contributed by atoms with E-state index in [2.05, 4.69) is 0 Å². The SMILES string of the molecule is CC(=O)OC[C@H]1OC[C@H](OC(=O)C(C)C)[C@@H](OC(=O)C(C)C)[C@@H]1OC(=O)C(C)C. The molecule has 0 unspecified atom stereocenters. The first-order chi connectivity index (χ1) is 13.4. The van der Waals surface area contributed by atoms with E-state index in [1.54, 1.807) is 41.5 Å². The molecule has 0 aliphatic carbocycles. The molecule has 0 aromatic carbocycles. The van der Waals surface area contributed by atoms with Crippen LogP contribution < -0.4 is 0 Å². The zero-order valence-corrected chi connectivity index (χ0v) is 18.1. The van der Waals surface area contributed by atoms with Crippen molar-refractivity contribution in [1.29, 1.82) is 0 Å². The predicted molar refractivity (Wildman–Crippen MR) is 101 cm³/mol. The summed E-state index contributed by atoms with van der Waals surface area (Å²) in [6, 6.07) is 0. The van der Waals surface area contributed by atoms with Gasteiger partial charge in [-0.1, -0.05) is 41.5 Å². The summed E-state index contributed by atoms with van der Waals surface area (Å²) < 4.78 is 27.2. The van der Waals surface area contributed by atoms with Crippen molar-refractivity contribution < 1.29 is 42.9 Å². The zero-order valence-electron chi connectivity index (χ0n) is 18.1. The zero-order chi connectivity index (χ0) is 22.3. The Labute approximate surface area is 171 Å². The van der Waals surface area contributed by atoms with Crippen molar-refractivity contribution in [2.75, 3.05) is 13.2 Å². The monoisotopic (exact) mass is 416 g/mol. The third kappa shape index (κ3) is 7.64. The molecule has 1 aliphatic heterocycles. The van der Waals surface area contributed by atoms with Crippen molar-refractivity contribution in [2.24, 2.45) is 17.8 Å². The molecule has 1 fully saturated rings. The van der Waals surface area contributed by atoms with Gasteiger partial charge in [-0.2, -0.15) is 0 Å². The van der Waals surface area contributed by atoms with Gasteiger partial charge in [-0.25, -0.2) is 0 Å². The highest BCUT2D eigenvalue weighted by Crippen LogP contribution is 2.26. The number of carbonyl (C=O) groups is 4. The van der Waals surface area contributed by atoms with Gasteiger partial charge in [0.1, 0.15) is 12.7 Å². The smallest absolute Gasteiger partial charge is 0.308 e. The summed E-state index contributed by atoms with van der Waals surface area (Å²) in [5.74, 6) is -3.45. The normalized spacial score (nSPS) is 24.3. The maximum Gasteiger partial charge on any atom is 0.308 e. The highest BCUT2D eigenvalue weighted by atomic mass is 16.7. The van der Waals surface area contributed by atoms with Crippen LogP contribution in [0, 0.1) is 17.8 Å². The summed E-state index contributed by atoms with van der Waals surface area (Å²) in [6.45, 7) is 10.9. The first-order valence-corrected chi connectivity index (χ1v) is 9.80. The molecule has 1 aliphatic rings. The molecule has 0 aromatic heterocycles. The number of carbonyl (C=O) groups excluding carboxylic acids is 4. The maximum atomic E-state index is 12.3. The molecule has 1 heterocycles. The Morgan fingerprint density at radius 1 is 0.793 bits per heavy atom. The Kier molecular flexibility index (Phi) is 9.55. The van der Waals surface area contributed by atoms with Gasteiger partial charge in [0.25, 0.3) is 0 Å². The Bertz CT molecular complexity index is 597. The molecular formula is C20H32O9. The number of esters is 4. The van der Waals surface area contributed by atoms with E-state index < -0.39 is 66.0 Å². The molecule has 0 bridgehead atoms. The van der Waals surface area contributed by atoms with Crippen molar-refractivity contribution >= 4 is 23.9 Å². The molecule has 1 saturated heterocycles. The lowest BCUT2D eigenvalue weighted by molar-refractivity contribution is -0.236. The Morgan fingerprint density at radius 3 is 1.69 bits per heavy atom. The van der Waals surface area contributed by atoms with Crippen molar-refractivity contribution in [3.05, 3.63) is 0 Å². The quantitative estimate of drug-likeness (QED) is 0.430. The van der Waals surface area contributed by atoms with E-state index >= 15 is 0 Å². The van der Waals surface area contributed by atoms with Gasteiger partial charge in [0.2, 0.25) is 0 Å². The Balaban J connectivity index is 3.19. The number of hydrogen-bond donors (Lipinski definition) is 0. The van der Waals surface area contributed by atoms with Crippen LogP contribution in [0.15, 0.2) is 0 Å². The van der Waals surface area contributed by atoms with Gasteiger partial charge in [0, 0.05) is 6.92 Å². The van der Waals surface area contributed by atoms with E-state index in [-0.39, 0.29) is 13.2 Å². The van der Waals surface area contributed by atoms with Crippen LogP contribution >= 0.6 is 0 Å². The van der Waals surface area contributed by atoms with Crippen LogP contribution in [0.3, 0.4) is 0 Å². The van der Waals surface area contributed by atoms with Gasteiger partial charge in [-0.05, 0) is 0 Å². The number of hydrogen-bond acceptors (Lipinski definition) is 9. The average Bonchev–Trinajstić information content (AvgIpc) is 2.62. The van der Waals surface area contributed by atoms with E-state index in [1.165, 1.54) is 6.92 Å². The fourth-order valence-corrected chi connectivity index (χ4v) is 2.39. The second-order valence-corrected chi connectivity index (χ2v) is 7.92. The predicted octanol–water partition coefficient (Wildman–Crippen LogP) is 1.65. The minimum atomic E-state index is -1.11. The first kappa shape index (κ1) is 24.9. The molecule has 0 saturated carbocycles. The van der Waals surface area contributed by atoms with Gasteiger partial charge in [0.05, 0.1) is 24.4 Å². The lowest BCUT2D eigenvalue weighted by Crippen LogP contribution is -2.59. The van der Waals surface area contributed by atoms with Crippen LogP contribution in [-0.2, 0) is 42.9 Å². The summed E-state index contributed by atoms with van der Waals surface area (Å²) in [6.07, 6.45) is -4.04. The van der Waals surface area contributed by atoms with E-state index in [4.69, 9.17) is 23.7 Å². The molecule has 4 atom stereocenters. The van der Waals surface area contributed by atoms with E-state index in [0.717, 1.165) is 0 Å². The van der Waals surface area contributed by atoms with Gasteiger partial charge in [0.15, 0.2) is 18.3 Å². The molecule has 9 nitrogen and oxygen atoms in total. The summed E-state index contributed by atoms with van der Waals surface area (Å²) in [4.78, 5) is 47.9. The number of ether oxygens (including phenoxy) is 5. The lowest BCUT2D eigenvalue weighted by atomic mass is 9.98. The van der Waals surface area contributed by atoms with Crippen molar-refractivity contribution in [1.82, 2.24) is 0 Å². The summed E-state index contributed by atoms with van der Waals surface area (Å²) >= 11 is 0. The fourth-order valence-electron chi connectivity index (χ4n) is 2.39. The van der Waals surface area contributed by atoms with Crippen LogP contribution in [0.25, 0.3) is 0 Å². The second kappa shape index (κ2) is 11.1. The molecule has 9 heteroatoms. The largest absolute Gasteiger partial charge is 0.463 e. The van der Waals surface area contributed by atoms with Crippen LogP contribution in [0.4, 0.5) is 0 Å². The maximum absolute atomic E-state index is 12.3. The van der Waals surface area contributed by atoms with Crippen molar-refractivity contribution in [3.63, 3.8) is 0 Å². The molecule has 29 heavy (non-hydrogen) atoms. The topological polar surface area (TPSA) is 114 Å². The highest BCUT2D eigenvalue weighted by Gasteiger charge is 2.48. The third-order valence-electron chi connectivity index (χ3n) is 4.17. The Hall–Kier alpha value is -2.16. The lowest BCUT2D eigenvalue weighted by Gasteiger charge is -2.41. The van der Waals surface area contributed by atoms with Gasteiger partial charge >= 0.3 is 23.9 Å². The summed E-state index contributed by atoms with van der Waals surface area (Å²) in [7, 11) is 0. The molecular weight excluding hydrogens is 384 g/mol. The van der Waals surface area contributed by atoms with E-state index in [1.807, 2.05) is 0 Å². The van der Waals surface area contributed by atoms with Crippen LogP contribution in [0.5, 0.6) is 0 Å². The summed E-state index contributed by atoms with van der Waals surface area (Å²) in [5.41, 5.74) is 0. The summed E-state index contributed by atoms with van der Waals surface area (Å²) in [5, 5.41) is 0. The van der Waals surface area contributed by atoms with Crippen LogP contribution in [0.2, 0.25) is 0 Å². The van der Waals surface area contributed by atoms with Gasteiger partial charge in [-0.15, -0.1) is 0 Å². The van der Waals surface area contributed by atoms with E-state index in [0.29, 0.717) is 0 Å². The minimum absolute atomic E-state index is 0.101. The Morgan fingerprint density at radius 2 is 1.24 bits per heavy atom. The minimum Gasteiger partial charge on any atom is -0.463 e. The van der Waals surface area contributed by atoms with Gasteiger partial charge < -0.3 is 23.7 Å². The molecule has 0 amide bonds. The third-order valence-corrected chi connectivity index (χ3v) is 4.17. The molecule has 1 rings (SSSR count). The second-order valence-electron chi connectivity index (χ2n) is 7.92. The van der Waals surface area contributed by atoms with Gasteiger partial charge in [-0.3, -0.25) is 19.2 Å². The number of rotatable bonds is 8. The molecule has 166 valence electrons. The molecule has 0 N–H and O–H groups in total. The first-order valence-electron chi connectivity index (χ1n) is 9.80. The molecule has 0 spiro atoms. The van der Waals surface area contributed by atoms with Crippen molar-refractivity contribution in [3.8, 4) is 0 Å². The molecule has 0 aromatic rings. The standard InChI is InChI=1S/C20H32O9/c1-10(2)18(22)27-15-9-26-14(8-25-13(7)21)16(28-19(23)11(3)4)17(15)29-20(24)12(5)6/h10-12,14-17H,8-9H2,1-7H3/t14-,15+,16-,17-/m1/s1. The van der Waals surface area contributed by atoms with Crippen LogP contribution in [-0.4, -0.2) is 61.5 Å². The molecule has 0 radical (unpaired) electrons. The van der Waals surface area contributed by atoms with E-state index in [9.17, 15) is 19.2 Å². The highest BCUT2D eigenvalue weighted by molar-refractivity contribution is 5.74. The average molecular weight is 416 g/mol. The van der Waals surface area contributed by atoms with Crippen LogP contribution in [0.1, 0.15) is 48.5 Å². The van der Waals surface area contributed by atoms with Crippen molar-refractivity contribution in [2.45, 2.75) is 72.9 Å².